The number of fused-ring (bicyclic) bond motifs is 1. The van der Waals surface area contributed by atoms with Crippen molar-refractivity contribution in [3.8, 4) is 0 Å². The van der Waals surface area contributed by atoms with Gasteiger partial charge >= 0.3 is 0 Å². The van der Waals surface area contributed by atoms with E-state index < -0.39 is 4.92 Å². The molecule has 2 heterocycles. The first kappa shape index (κ1) is 23.7. The van der Waals surface area contributed by atoms with Gasteiger partial charge in [-0.1, -0.05) is 42.5 Å². The van der Waals surface area contributed by atoms with Crippen LogP contribution >= 0.6 is 0 Å². The van der Waals surface area contributed by atoms with Gasteiger partial charge in [-0.2, -0.15) is 0 Å². The fraction of sp³-hybridized carbons (Fsp3) is 0.250. The van der Waals surface area contributed by atoms with Crippen molar-refractivity contribution in [3.63, 3.8) is 0 Å². The summed E-state index contributed by atoms with van der Waals surface area (Å²) in [7, 11) is 2.16. The molecule has 0 saturated carbocycles. The number of nitrogens with one attached hydrogen (secondary N) is 2. The zero-order valence-corrected chi connectivity index (χ0v) is 20.2. The molecule has 8 heteroatoms. The Kier molecular flexibility index (Phi) is 6.79. The van der Waals surface area contributed by atoms with Crippen molar-refractivity contribution < 1.29 is 9.72 Å². The van der Waals surface area contributed by atoms with E-state index in [9.17, 15) is 14.9 Å². The molecule has 5 rings (SSSR count). The highest BCUT2D eigenvalue weighted by Crippen LogP contribution is 2.39. The summed E-state index contributed by atoms with van der Waals surface area (Å²) in [6.07, 6.45) is 0.982. The largest absolute Gasteiger partial charge is 0.354 e. The Labute approximate surface area is 210 Å². The first-order valence-electron chi connectivity index (χ1n) is 12.1. The van der Waals surface area contributed by atoms with Crippen LogP contribution in [-0.2, 0) is 11.2 Å². The summed E-state index contributed by atoms with van der Waals surface area (Å²) in [6.45, 7) is 5.46. The predicted octanol–water partition coefficient (Wildman–Crippen LogP) is 4.32. The summed E-state index contributed by atoms with van der Waals surface area (Å²) in [5.41, 5.74) is 4.95. The molecule has 0 spiro atoms. The summed E-state index contributed by atoms with van der Waals surface area (Å²) >= 11 is 0. The van der Waals surface area contributed by atoms with Gasteiger partial charge in [0.05, 0.1) is 16.2 Å². The lowest BCUT2D eigenvalue weighted by atomic mass is 9.99. The third kappa shape index (κ3) is 5.15. The van der Waals surface area contributed by atoms with Gasteiger partial charge in [0.15, 0.2) is 0 Å². The SMILES string of the molecule is CN1CCN(CCc2ccc(N/C(=C3\C(=O)Nc4ccc([N+](=O)[O-])cc43)c3ccccc3)cc2)CC1. The van der Waals surface area contributed by atoms with E-state index in [1.165, 1.54) is 17.7 Å². The van der Waals surface area contributed by atoms with Gasteiger partial charge in [0.1, 0.15) is 0 Å². The molecule has 36 heavy (non-hydrogen) atoms. The molecular formula is C28H29N5O3. The number of hydrogen-bond donors (Lipinski definition) is 2. The Balaban J connectivity index is 1.41. The van der Waals surface area contributed by atoms with E-state index in [-0.39, 0.29) is 11.6 Å². The van der Waals surface area contributed by atoms with Crippen LogP contribution in [0.25, 0.3) is 11.3 Å². The minimum Gasteiger partial charge on any atom is -0.354 e. The minimum atomic E-state index is -0.447. The zero-order valence-electron chi connectivity index (χ0n) is 20.2. The summed E-state index contributed by atoms with van der Waals surface area (Å²) in [5.74, 6) is -0.291. The number of benzene rings is 3. The summed E-state index contributed by atoms with van der Waals surface area (Å²) in [5, 5.41) is 17.7. The molecule has 8 nitrogen and oxygen atoms in total. The summed E-state index contributed by atoms with van der Waals surface area (Å²) in [6, 6.07) is 22.2. The maximum absolute atomic E-state index is 13.0. The van der Waals surface area contributed by atoms with Crippen molar-refractivity contribution in [3.05, 3.63) is 99.6 Å². The fourth-order valence-electron chi connectivity index (χ4n) is 4.66. The number of piperazine rings is 1. The van der Waals surface area contributed by atoms with Crippen LogP contribution in [0.4, 0.5) is 17.1 Å². The molecular weight excluding hydrogens is 454 g/mol. The molecule has 0 radical (unpaired) electrons. The van der Waals surface area contributed by atoms with Gasteiger partial charge in [0, 0.05) is 61.8 Å². The maximum Gasteiger partial charge on any atom is 0.270 e. The number of non-ortho nitro benzene ring substituents is 1. The van der Waals surface area contributed by atoms with Crippen molar-refractivity contribution >= 4 is 34.2 Å². The van der Waals surface area contributed by atoms with Gasteiger partial charge < -0.3 is 20.4 Å². The molecule has 3 aromatic carbocycles. The van der Waals surface area contributed by atoms with Gasteiger partial charge in [-0.25, -0.2) is 0 Å². The number of hydrogen-bond acceptors (Lipinski definition) is 6. The quantitative estimate of drug-likeness (QED) is 0.296. The highest BCUT2D eigenvalue weighted by atomic mass is 16.6. The van der Waals surface area contributed by atoms with Crippen molar-refractivity contribution in [1.82, 2.24) is 9.80 Å². The van der Waals surface area contributed by atoms with Crippen LogP contribution in [0.3, 0.4) is 0 Å². The Morgan fingerprint density at radius 3 is 2.42 bits per heavy atom. The number of carbonyl (C=O) groups excluding carboxylic acids is 1. The van der Waals surface area contributed by atoms with Crippen LogP contribution in [0.15, 0.2) is 72.8 Å². The van der Waals surface area contributed by atoms with Crippen molar-refractivity contribution in [1.29, 1.82) is 0 Å². The molecule has 2 N–H and O–H groups in total. The number of anilines is 2. The van der Waals surface area contributed by atoms with Gasteiger partial charge in [0.25, 0.3) is 11.6 Å². The van der Waals surface area contributed by atoms with Crippen molar-refractivity contribution in [2.45, 2.75) is 6.42 Å². The van der Waals surface area contributed by atoms with E-state index in [4.69, 9.17) is 0 Å². The molecule has 0 aliphatic carbocycles. The van der Waals surface area contributed by atoms with Gasteiger partial charge in [-0.05, 0) is 42.8 Å². The van der Waals surface area contributed by atoms with Crippen LogP contribution in [0.1, 0.15) is 16.7 Å². The highest BCUT2D eigenvalue weighted by Gasteiger charge is 2.30. The molecule has 2 aliphatic rings. The number of nitro benzene ring substituents is 1. The number of rotatable bonds is 7. The Bertz CT molecular complexity index is 1300. The third-order valence-corrected chi connectivity index (χ3v) is 6.81. The lowest BCUT2D eigenvalue weighted by Crippen LogP contribution is -2.45. The van der Waals surface area contributed by atoms with Crippen LogP contribution in [-0.4, -0.2) is 60.4 Å². The van der Waals surface area contributed by atoms with Crippen molar-refractivity contribution in [2.24, 2.45) is 0 Å². The lowest BCUT2D eigenvalue weighted by molar-refractivity contribution is -0.384. The van der Waals surface area contributed by atoms with E-state index in [2.05, 4.69) is 39.6 Å². The number of nitrogens with zero attached hydrogens (tertiary/aromatic N) is 3. The summed E-state index contributed by atoms with van der Waals surface area (Å²) in [4.78, 5) is 28.8. The molecule has 0 atom stereocenters. The third-order valence-electron chi connectivity index (χ3n) is 6.81. The van der Waals surface area contributed by atoms with Crippen LogP contribution in [0, 0.1) is 10.1 Å². The predicted molar refractivity (Wildman–Crippen MR) is 143 cm³/mol. The zero-order chi connectivity index (χ0) is 25.1. The topological polar surface area (TPSA) is 90.8 Å². The second-order valence-electron chi connectivity index (χ2n) is 9.27. The standard InChI is InChI=1S/C28H29N5O3/c1-31-15-17-32(18-16-31)14-13-20-7-9-22(10-8-20)29-27(21-5-3-2-4-6-21)26-24-19-23(33(35)36)11-12-25(24)30-28(26)34/h2-12,19,29H,13-18H2,1H3,(H,30,34)/b27-26-. The fourth-order valence-corrected chi connectivity index (χ4v) is 4.66. The average Bonchev–Trinajstić information content (AvgIpc) is 3.23. The summed E-state index contributed by atoms with van der Waals surface area (Å²) < 4.78 is 0. The van der Waals surface area contributed by atoms with Crippen LogP contribution < -0.4 is 10.6 Å². The number of nitro groups is 1. The van der Waals surface area contributed by atoms with E-state index in [0.29, 0.717) is 22.5 Å². The second kappa shape index (κ2) is 10.3. The Morgan fingerprint density at radius 1 is 1.00 bits per heavy atom. The number of amides is 1. The normalized spacial score (nSPS) is 17.4. The highest BCUT2D eigenvalue weighted by molar-refractivity contribution is 6.37. The van der Waals surface area contributed by atoms with Gasteiger partial charge in [-0.3, -0.25) is 14.9 Å². The molecule has 0 bridgehead atoms. The van der Waals surface area contributed by atoms with E-state index >= 15 is 0 Å². The maximum atomic E-state index is 13.0. The van der Waals surface area contributed by atoms with Crippen LogP contribution in [0.2, 0.25) is 0 Å². The van der Waals surface area contributed by atoms with Gasteiger partial charge in [-0.15, -0.1) is 0 Å². The smallest absolute Gasteiger partial charge is 0.270 e. The Hall–Kier alpha value is -4.01. The van der Waals surface area contributed by atoms with Crippen LogP contribution in [0.5, 0.6) is 0 Å². The molecule has 0 aromatic heterocycles. The van der Waals surface area contributed by atoms with Crippen molar-refractivity contribution in [2.75, 3.05) is 50.4 Å². The average molecular weight is 484 g/mol. The molecule has 184 valence electrons. The molecule has 3 aromatic rings. The molecule has 2 aliphatic heterocycles. The first-order chi connectivity index (χ1) is 17.5. The Morgan fingerprint density at radius 2 is 1.72 bits per heavy atom. The monoisotopic (exact) mass is 483 g/mol. The van der Waals surface area contributed by atoms with E-state index in [1.807, 2.05) is 42.5 Å². The molecule has 1 amide bonds. The first-order valence-corrected chi connectivity index (χ1v) is 12.1. The molecule has 0 unspecified atom stereocenters. The lowest BCUT2D eigenvalue weighted by Gasteiger charge is -2.32. The van der Waals surface area contributed by atoms with E-state index in [0.717, 1.165) is 50.4 Å². The number of carbonyl (C=O) groups is 1. The molecule has 1 fully saturated rings. The van der Waals surface area contributed by atoms with E-state index in [1.54, 1.807) is 6.07 Å². The number of likely N-dealkylation sites (N-methyl/N-ethyl adjacent to an activating group) is 1. The second-order valence-corrected chi connectivity index (χ2v) is 9.27. The molecule has 1 saturated heterocycles. The minimum absolute atomic E-state index is 0.0557. The van der Waals surface area contributed by atoms with Gasteiger partial charge in [0.2, 0.25) is 0 Å².